The molecule has 0 rings (SSSR count). The largest absolute Gasteiger partial charge is 0.338 e. The Kier molecular flexibility index (Phi) is 15.1. The summed E-state index contributed by atoms with van der Waals surface area (Å²) in [5, 5.41) is 9.66. The molecule has 0 saturated heterocycles. The number of carbonyl (C=O) groups excluding carboxylic acids is 6. The Morgan fingerprint density at radius 3 is 1.17 bits per heavy atom. The van der Waals surface area contributed by atoms with Gasteiger partial charge in [0, 0.05) is 24.9 Å². The quantitative estimate of drug-likeness (QED) is 0.147. The molecule has 0 radical (unpaired) electrons. The third-order valence-electron chi connectivity index (χ3n) is 3.26. The van der Waals surface area contributed by atoms with Gasteiger partial charge in [-0.2, -0.15) is 0 Å². The highest BCUT2D eigenvalue weighted by atomic mass is 16.2. The Morgan fingerprint density at radius 1 is 0.586 bits per heavy atom. The topological polar surface area (TPSA) is 200 Å². The molecule has 4 amide bonds. The Balaban J connectivity index is 4.18. The van der Waals surface area contributed by atoms with Gasteiger partial charge in [-0.3, -0.25) is 0 Å². The summed E-state index contributed by atoms with van der Waals surface area (Å²) in [5.41, 5.74) is 0. The molecule has 14 heteroatoms. The van der Waals surface area contributed by atoms with E-state index in [1.54, 1.807) is 0 Å². The van der Waals surface area contributed by atoms with Gasteiger partial charge in [0.25, 0.3) is 0 Å². The first-order valence-corrected chi connectivity index (χ1v) is 8.25. The monoisotopic (exact) mass is 408 g/mol. The number of nitrogens with one attached hydrogen (secondary N) is 4. The molecule has 0 unspecified atom stereocenters. The maximum atomic E-state index is 11.7. The van der Waals surface area contributed by atoms with Crippen LogP contribution in [0.25, 0.3) is 0 Å². The summed E-state index contributed by atoms with van der Waals surface area (Å²) in [5.74, 6) is -0.778. The fourth-order valence-electron chi connectivity index (χ4n) is 1.84. The second kappa shape index (κ2) is 17.5. The van der Waals surface area contributed by atoms with E-state index in [2.05, 4.69) is 41.2 Å². The zero-order valence-electron chi connectivity index (χ0n) is 15.3. The molecule has 0 aromatic heterocycles. The molecule has 0 aliphatic carbocycles. The molecule has 0 aromatic carbocycles. The minimum Gasteiger partial charge on any atom is -0.338 e. The van der Waals surface area contributed by atoms with Crippen molar-refractivity contribution >= 4 is 36.4 Å². The Hall–Kier alpha value is -3.94. The molecule has 29 heavy (non-hydrogen) atoms. The summed E-state index contributed by atoms with van der Waals surface area (Å²) >= 11 is 0. The third-order valence-corrected chi connectivity index (χ3v) is 3.26. The van der Waals surface area contributed by atoms with E-state index in [-0.39, 0.29) is 57.8 Å². The smallest absolute Gasteiger partial charge is 0.316 e. The molecule has 156 valence electrons. The van der Waals surface area contributed by atoms with Crippen molar-refractivity contribution in [2.45, 2.75) is 0 Å². The molecule has 0 atom stereocenters. The fourth-order valence-corrected chi connectivity index (χ4v) is 1.84. The molecule has 0 aliphatic heterocycles. The minimum atomic E-state index is -0.612. The highest BCUT2D eigenvalue weighted by molar-refractivity contribution is 5.76. The number of carbonyl (C=O) groups is 2. The van der Waals surface area contributed by atoms with E-state index in [0.29, 0.717) is 0 Å². The second-order valence-corrected chi connectivity index (χ2v) is 5.41. The summed E-state index contributed by atoms with van der Waals surface area (Å²) in [7, 11) is 0. The van der Waals surface area contributed by atoms with Crippen LogP contribution in [0.2, 0.25) is 0 Å². The third kappa shape index (κ3) is 14.9. The number of nitrogens with zero attached hydrogens (tertiary/aromatic N) is 4. The van der Waals surface area contributed by atoms with Crippen LogP contribution in [0.4, 0.5) is 9.59 Å². The van der Waals surface area contributed by atoms with Crippen molar-refractivity contribution in [3.8, 4) is 0 Å². The van der Waals surface area contributed by atoms with Crippen LogP contribution in [0.15, 0.2) is 20.0 Å². The van der Waals surface area contributed by atoms with E-state index in [9.17, 15) is 28.8 Å². The van der Waals surface area contributed by atoms with Crippen molar-refractivity contribution < 1.29 is 28.8 Å². The summed E-state index contributed by atoms with van der Waals surface area (Å²) in [6.45, 7) is 0.0520. The van der Waals surface area contributed by atoms with Crippen LogP contribution in [0.5, 0.6) is 0 Å². The zero-order valence-corrected chi connectivity index (χ0v) is 15.3. The van der Waals surface area contributed by atoms with Gasteiger partial charge in [-0.15, -0.1) is 0 Å². The van der Waals surface area contributed by atoms with E-state index in [1.165, 1.54) is 24.3 Å². The van der Waals surface area contributed by atoms with Crippen LogP contribution in [0.1, 0.15) is 0 Å². The number of hydrogen-bond donors (Lipinski definition) is 4. The number of rotatable bonds is 14. The fraction of sp³-hybridized carbons (Fsp3) is 0.600. The van der Waals surface area contributed by atoms with Gasteiger partial charge in [0.05, 0.1) is 32.8 Å². The van der Waals surface area contributed by atoms with Crippen LogP contribution < -0.4 is 21.3 Å². The first-order valence-electron chi connectivity index (χ1n) is 8.25. The predicted molar refractivity (Wildman–Crippen MR) is 96.9 cm³/mol. The number of aliphatic imine (C=N–C) groups is 4. The van der Waals surface area contributed by atoms with E-state index >= 15 is 0 Å². The van der Waals surface area contributed by atoms with Crippen molar-refractivity contribution in [3.63, 3.8) is 0 Å². The van der Waals surface area contributed by atoms with Crippen LogP contribution in [0.3, 0.4) is 0 Å². The zero-order chi connectivity index (χ0) is 21.7. The number of amides is 4. The first kappa shape index (κ1) is 25.1. The van der Waals surface area contributed by atoms with Gasteiger partial charge in [0.1, 0.15) is 0 Å². The summed E-state index contributed by atoms with van der Waals surface area (Å²) < 4.78 is 0. The van der Waals surface area contributed by atoms with Gasteiger partial charge in [0.15, 0.2) is 0 Å². The maximum Gasteiger partial charge on any atom is 0.316 e. The average molecular weight is 408 g/mol. The Morgan fingerprint density at radius 2 is 0.897 bits per heavy atom. The molecule has 0 aliphatic rings. The van der Waals surface area contributed by atoms with E-state index < -0.39 is 12.1 Å². The van der Waals surface area contributed by atoms with Gasteiger partial charge >= 0.3 is 12.1 Å². The van der Waals surface area contributed by atoms with E-state index in [0.717, 1.165) is 0 Å². The summed E-state index contributed by atoms with van der Waals surface area (Å²) in [6.07, 6.45) is 5.41. The number of urea groups is 2. The van der Waals surface area contributed by atoms with Crippen molar-refractivity contribution in [1.29, 1.82) is 0 Å². The van der Waals surface area contributed by atoms with Crippen LogP contribution in [-0.4, -0.2) is 82.3 Å². The van der Waals surface area contributed by atoms with Crippen LogP contribution >= 0.6 is 0 Å². The summed E-state index contributed by atoms with van der Waals surface area (Å²) in [4.78, 5) is 77.4. The molecule has 14 nitrogen and oxygen atoms in total. The van der Waals surface area contributed by atoms with Crippen LogP contribution in [0, 0.1) is 11.8 Å². The standard InChI is InChI=1S/C15H20N8O6/c24-8-16-1-12(2-17-9-25)5-20-14(28)22-7-23-15(29)21-6-13(3-18-10-26)4-19-11-27/h12-13H,1-7H2,(H2,20,22,28)(H2,21,23,29). The maximum absolute atomic E-state index is 11.7. The van der Waals surface area contributed by atoms with Gasteiger partial charge in [-0.25, -0.2) is 48.7 Å². The highest BCUT2D eigenvalue weighted by Crippen LogP contribution is 1.97. The van der Waals surface area contributed by atoms with E-state index in [1.807, 2.05) is 0 Å². The van der Waals surface area contributed by atoms with Crippen molar-refractivity contribution in [2.24, 2.45) is 31.8 Å². The molecule has 0 heterocycles. The van der Waals surface area contributed by atoms with Crippen molar-refractivity contribution in [3.05, 3.63) is 0 Å². The lowest BCUT2D eigenvalue weighted by molar-refractivity contribution is 0.233. The molecule has 0 aromatic rings. The van der Waals surface area contributed by atoms with Crippen LogP contribution in [-0.2, 0) is 19.2 Å². The molecule has 0 spiro atoms. The SMILES string of the molecule is O=C=NCC(CN=C=O)CNC(=O)NCNC(=O)NCC(CN=C=O)CN=C=O. The number of isocyanates is 4. The molecular formula is C15H20N8O6. The lowest BCUT2D eigenvalue weighted by Crippen LogP contribution is -2.47. The highest BCUT2D eigenvalue weighted by Gasteiger charge is 2.11. The lowest BCUT2D eigenvalue weighted by atomic mass is 10.1. The number of hydrogen-bond acceptors (Lipinski definition) is 10. The average Bonchev–Trinajstić information content (AvgIpc) is 2.72. The van der Waals surface area contributed by atoms with Crippen molar-refractivity contribution in [2.75, 3.05) is 45.9 Å². The predicted octanol–water partition coefficient (Wildman–Crippen LogP) is -1.88. The minimum absolute atomic E-state index is 0.0269. The lowest BCUT2D eigenvalue weighted by Gasteiger charge is -2.14. The van der Waals surface area contributed by atoms with Gasteiger partial charge in [0.2, 0.25) is 24.3 Å². The second-order valence-electron chi connectivity index (χ2n) is 5.41. The summed E-state index contributed by atoms with van der Waals surface area (Å²) in [6, 6.07) is -1.22. The van der Waals surface area contributed by atoms with Gasteiger partial charge < -0.3 is 21.3 Å². The Labute approximate surface area is 165 Å². The Bertz CT molecular complexity index is 618. The van der Waals surface area contributed by atoms with Gasteiger partial charge in [-0.05, 0) is 0 Å². The molecule has 4 N–H and O–H groups in total. The first-order chi connectivity index (χ1) is 14.1. The molecule has 0 fully saturated rings. The molecule has 0 bridgehead atoms. The van der Waals surface area contributed by atoms with Gasteiger partial charge in [-0.1, -0.05) is 0 Å². The molecule has 0 saturated carbocycles. The van der Waals surface area contributed by atoms with Crippen molar-refractivity contribution in [1.82, 2.24) is 21.3 Å². The molecular weight excluding hydrogens is 388 g/mol. The van der Waals surface area contributed by atoms with E-state index in [4.69, 9.17) is 0 Å². The normalized spacial score (nSPS) is 11.0.